The first-order chi connectivity index (χ1) is 7.77. The van der Waals surface area contributed by atoms with Crippen LogP contribution in [0.25, 0.3) is 0 Å². The third kappa shape index (κ3) is 4.29. The van der Waals surface area contributed by atoms with Crippen LogP contribution < -0.4 is 5.32 Å². The van der Waals surface area contributed by atoms with E-state index in [1.807, 2.05) is 24.5 Å². The summed E-state index contributed by atoms with van der Waals surface area (Å²) in [4.78, 5) is 4.03. The molecule has 0 saturated carbocycles. The van der Waals surface area contributed by atoms with Crippen molar-refractivity contribution < 1.29 is 4.74 Å². The van der Waals surface area contributed by atoms with E-state index >= 15 is 0 Å². The summed E-state index contributed by atoms with van der Waals surface area (Å²) in [5.41, 5.74) is 1.27. The number of nitrogens with one attached hydrogen (secondary N) is 1. The fraction of sp³-hybridized carbons (Fsp3) is 0.615. The van der Waals surface area contributed by atoms with E-state index in [9.17, 15) is 0 Å². The van der Waals surface area contributed by atoms with Gasteiger partial charge in [0.25, 0.3) is 0 Å². The first kappa shape index (κ1) is 13.1. The number of aromatic nitrogens is 1. The Morgan fingerprint density at radius 1 is 1.38 bits per heavy atom. The van der Waals surface area contributed by atoms with E-state index in [1.165, 1.54) is 12.0 Å². The topological polar surface area (TPSA) is 34.1 Å². The number of pyridine rings is 1. The maximum atomic E-state index is 5.22. The lowest BCUT2D eigenvalue weighted by atomic mass is 10.1. The Morgan fingerprint density at radius 3 is 2.62 bits per heavy atom. The molecule has 0 amide bonds. The van der Waals surface area contributed by atoms with Crippen molar-refractivity contribution in [1.82, 2.24) is 10.3 Å². The zero-order valence-corrected chi connectivity index (χ0v) is 10.4. The molecule has 2 unspecified atom stereocenters. The molecule has 1 aromatic heterocycles. The van der Waals surface area contributed by atoms with Gasteiger partial charge in [-0.1, -0.05) is 13.3 Å². The van der Waals surface area contributed by atoms with Crippen LogP contribution in [0.1, 0.15) is 38.3 Å². The summed E-state index contributed by atoms with van der Waals surface area (Å²) in [6, 6.07) is 4.87. The third-order valence-corrected chi connectivity index (χ3v) is 2.70. The highest BCUT2D eigenvalue weighted by Gasteiger charge is 2.12. The van der Waals surface area contributed by atoms with Gasteiger partial charge < -0.3 is 10.1 Å². The van der Waals surface area contributed by atoms with Crippen LogP contribution in [0.2, 0.25) is 0 Å². The summed E-state index contributed by atoms with van der Waals surface area (Å²) >= 11 is 0. The normalized spacial score (nSPS) is 14.7. The molecule has 0 aliphatic rings. The van der Waals surface area contributed by atoms with Crippen LogP contribution in [0, 0.1) is 0 Å². The standard InChI is InChI=1S/C13H22N2O/c1-4-5-13(10-16-3)15-11(2)12-6-8-14-9-7-12/h6-9,11,13,15H,4-5,10H2,1-3H3. The number of hydrogen-bond donors (Lipinski definition) is 1. The largest absolute Gasteiger partial charge is 0.383 e. The van der Waals surface area contributed by atoms with Gasteiger partial charge in [-0.05, 0) is 31.0 Å². The Hall–Kier alpha value is -0.930. The quantitative estimate of drug-likeness (QED) is 0.770. The van der Waals surface area contributed by atoms with Crippen molar-refractivity contribution >= 4 is 0 Å². The Morgan fingerprint density at radius 2 is 2.06 bits per heavy atom. The van der Waals surface area contributed by atoms with E-state index < -0.39 is 0 Å². The van der Waals surface area contributed by atoms with Crippen LogP contribution >= 0.6 is 0 Å². The van der Waals surface area contributed by atoms with Gasteiger partial charge in [0.05, 0.1) is 6.61 Å². The van der Waals surface area contributed by atoms with Gasteiger partial charge in [0.2, 0.25) is 0 Å². The zero-order chi connectivity index (χ0) is 11.8. The predicted molar refractivity (Wildman–Crippen MR) is 66.4 cm³/mol. The van der Waals surface area contributed by atoms with E-state index in [0.717, 1.165) is 13.0 Å². The van der Waals surface area contributed by atoms with Gasteiger partial charge in [-0.2, -0.15) is 0 Å². The smallest absolute Gasteiger partial charge is 0.0616 e. The maximum absolute atomic E-state index is 5.22. The maximum Gasteiger partial charge on any atom is 0.0616 e. The molecule has 16 heavy (non-hydrogen) atoms. The second-order valence-electron chi connectivity index (χ2n) is 4.11. The molecule has 1 rings (SSSR count). The van der Waals surface area contributed by atoms with Crippen molar-refractivity contribution in [2.24, 2.45) is 0 Å². The van der Waals surface area contributed by atoms with Gasteiger partial charge in [-0.3, -0.25) is 4.98 Å². The molecule has 0 radical (unpaired) electrons. The Balaban J connectivity index is 2.50. The molecule has 0 saturated heterocycles. The summed E-state index contributed by atoms with van der Waals surface area (Å²) in [5.74, 6) is 0. The molecule has 0 aliphatic heterocycles. The molecule has 1 N–H and O–H groups in total. The van der Waals surface area contributed by atoms with Crippen molar-refractivity contribution in [3.8, 4) is 0 Å². The van der Waals surface area contributed by atoms with Crippen molar-refractivity contribution in [3.05, 3.63) is 30.1 Å². The molecular formula is C13H22N2O. The van der Waals surface area contributed by atoms with Crippen molar-refractivity contribution in [2.45, 2.75) is 38.8 Å². The number of rotatable bonds is 7. The lowest BCUT2D eigenvalue weighted by Crippen LogP contribution is -2.35. The van der Waals surface area contributed by atoms with Crippen molar-refractivity contribution in [1.29, 1.82) is 0 Å². The summed E-state index contributed by atoms with van der Waals surface area (Å²) < 4.78 is 5.22. The highest BCUT2D eigenvalue weighted by Crippen LogP contribution is 2.12. The molecular weight excluding hydrogens is 200 g/mol. The molecule has 2 atom stereocenters. The lowest BCUT2D eigenvalue weighted by molar-refractivity contribution is 0.157. The molecule has 90 valence electrons. The van der Waals surface area contributed by atoms with Crippen molar-refractivity contribution in [2.75, 3.05) is 13.7 Å². The van der Waals surface area contributed by atoms with Crippen LogP contribution in [-0.2, 0) is 4.74 Å². The van der Waals surface area contributed by atoms with Gasteiger partial charge in [-0.15, -0.1) is 0 Å². The van der Waals surface area contributed by atoms with Gasteiger partial charge in [0.1, 0.15) is 0 Å². The summed E-state index contributed by atoms with van der Waals surface area (Å²) in [6.45, 7) is 5.14. The first-order valence-corrected chi connectivity index (χ1v) is 5.92. The fourth-order valence-electron chi connectivity index (χ4n) is 1.87. The summed E-state index contributed by atoms with van der Waals surface area (Å²) in [7, 11) is 1.75. The van der Waals surface area contributed by atoms with Crippen LogP contribution in [-0.4, -0.2) is 24.7 Å². The fourth-order valence-corrected chi connectivity index (χ4v) is 1.87. The van der Waals surface area contributed by atoms with E-state index in [2.05, 4.69) is 24.1 Å². The van der Waals surface area contributed by atoms with Crippen molar-refractivity contribution in [3.63, 3.8) is 0 Å². The minimum Gasteiger partial charge on any atom is -0.383 e. The average Bonchev–Trinajstić information content (AvgIpc) is 2.31. The minimum absolute atomic E-state index is 0.342. The molecule has 0 aliphatic carbocycles. The Labute approximate surface area is 98.2 Å². The van der Waals surface area contributed by atoms with Crippen LogP contribution in [0.15, 0.2) is 24.5 Å². The summed E-state index contributed by atoms with van der Waals surface area (Å²) in [6.07, 6.45) is 5.98. The first-order valence-electron chi connectivity index (χ1n) is 5.92. The lowest BCUT2D eigenvalue weighted by Gasteiger charge is -2.22. The van der Waals surface area contributed by atoms with Gasteiger partial charge in [-0.25, -0.2) is 0 Å². The number of ether oxygens (including phenoxy) is 1. The van der Waals surface area contributed by atoms with Gasteiger partial charge in [0, 0.05) is 31.6 Å². The molecule has 0 aromatic carbocycles. The van der Waals surface area contributed by atoms with Crippen LogP contribution in [0.4, 0.5) is 0 Å². The van der Waals surface area contributed by atoms with Crippen LogP contribution in [0.5, 0.6) is 0 Å². The predicted octanol–water partition coefficient (Wildman–Crippen LogP) is 2.55. The van der Waals surface area contributed by atoms with Crippen LogP contribution in [0.3, 0.4) is 0 Å². The average molecular weight is 222 g/mol. The van der Waals surface area contributed by atoms with E-state index in [1.54, 1.807) is 7.11 Å². The summed E-state index contributed by atoms with van der Waals surface area (Å²) in [5, 5.41) is 3.58. The Kier molecular flexibility index (Phi) is 6.04. The highest BCUT2D eigenvalue weighted by atomic mass is 16.5. The highest BCUT2D eigenvalue weighted by molar-refractivity contribution is 5.14. The number of nitrogens with zero attached hydrogens (tertiary/aromatic N) is 1. The molecule has 1 heterocycles. The Bertz CT molecular complexity index is 271. The van der Waals surface area contributed by atoms with Gasteiger partial charge in [0.15, 0.2) is 0 Å². The second kappa shape index (κ2) is 7.36. The molecule has 1 aromatic rings. The molecule has 0 bridgehead atoms. The molecule has 0 fully saturated rings. The number of methoxy groups -OCH3 is 1. The molecule has 3 heteroatoms. The van der Waals surface area contributed by atoms with E-state index in [-0.39, 0.29) is 0 Å². The SMILES string of the molecule is CCCC(COC)NC(C)c1ccncc1. The van der Waals surface area contributed by atoms with E-state index in [4.69, 9.17) is 4.74 Å². The third-order valence-electron chi connectivity index (χ3n) is 2.70. The minimum atomic E-state index is 0.342. The second-order valence-corrected chi connectivity index (χ2v) is 4.11. The van der Waals surface area contributed by atoms with E-state index in [0.29, 0.717) is 12.1 Å². The molecule has 3 nitrogen and oxygen atoms in total. The zero-order valence-electron chi connectivity index (χ0n) is 10.4. The van der Waals surface area contributed by atoms with Gasteiger partial charge >= 0.3 is 0 Å². The molecule has 0 spiro atoms. The number of hydrogen-bond acceptors (Lipinski definition) is 3. The monoisotopic (exact) mass is 222 g/mol.